The minimum Gasteiger partial charge on any atom is -0.496 e. The van der Waals surface area contributed by atoms with Gasteiger partial charge in [0, 0.05) is 18.1 Å². The Balaban J connectivity index is 2.26. The summed E-state index contributed by atoms with van der Waals surface area (Å²) in [7, 11) is 4.72. The van der Waals surface area contributed by atoms with Gasteiger partial charge in [0.2, 0.25) is 5.91 Å². The van der Waals surface area contributed by atoms with Gasteiger partial charge in [-0.3, -0.25) is 4.79 Å². The second-order valence-electron chi connectivity index (χ2n) is 8.47. The fraction of sp³-hybridized carbons (Fsp3) is 0.731. The van der Waals surface area contributed by atoms with E-state index in [-0.39, 0.29) is 11.8 Å². The molecular weight excluding hydrogens is 390 g/mol. The van der Waals surface area contributed by atoms with Gasteiger partial charge in [-0.05, 0) is 6.42 Å². The van der Waals surface area contributed by atoms with E-state index in [1.807, 2.05) is 6.92 Å². The molecule has 1 aromatic rings. The lowest BCUT2D eigenvalue weighted by Crippen LogP contribution is -2.21. The summed E-state index contributed by atoms with van der Waals surface area (Å²) in [5, 5.41) is 2.98. The predicted molar refractivity (Wildman–Crippen MR) is 130 cm³/mol. The van der Waals surface area contributed by atoms with Crippen LogP contribution in [0.25, 0.3) is 0 Å². The van der Waals surface area contributed by atoms with Gasteiger partial charge in [-0.15, -0.1) is 0 Å². The van der Waals surface area contributed by atoms with Crippen molar-refractivity contribution in [3.8, 4) is 17.2 Å². The van der Waals surface area contributed by atoms with Crippen LogP contribution >= 0.6 is 0 Å². The van der Waals surface area contributed by atoms with Crippen LogP contribution in [0, 0.1) is 5.92 Å². The first-order valence-electron chi connectivity index (χ1n) is 12.2. The molecule has 1 amide bonds. The van der Waals surface area contributed by atoms with E-state index in [9.17, 15) is 4.79 Å². The third-order valence-corrected chi connectivity index (χ3v) is 5.90. The maximum absolute atomic E-state index is 12.7. The van der Waals surface area contributed by atoms with Crippen molar-refractivity contribution in [1.29, 1.82) is 0 Å². The molecule has 0 saturated carbocycles. The molecule has 0 spiro atoms. The van der Waals surface area contributed by atoms with E-state index < -0.39 is 0 Å². The molecule has 1 aromatic carbocycles. The Bertz CT molecular complexity index is 592. The van der Waals surface area contributed by atoms with Crippen LogP contribution in [0.3, 0.4) is 0 Å². The average molecular weight is 436 g/mol. The van der Waals surface area contributed by atoms with Crippen LogP contribution in [0.2, 0.25) is 0 Å². The molecular formula is C26H45NO4. The number of nitrogens with one attached hydrogen (secondary N) is 1. The van der Waals surface area contributed by atoms with Crippen molar-refractivity contribution in [3.63, 3.8) is 0 Å². The summed E-state index contributed by atoms with van der Waals surface area (Å²) in [6, 6.07) is 3.49. The molecule has 0 aliphatic carbocycles. The van der Waals surface area contributed by atoms with Gasteiger partial charge in [-0.1, -0.05) is 90.9 Å². The molecule has 0 aliphatic rings. The van der Waals surface area contributed by atoms with E-state index in [2.05, 4.69) is 12.2 Å². The van der Waals surface area contributed by atoms with Crippen molar-refractivity contribution in [2.24, 2.45) is 5.92 Å². The van der Waals surface area contributed by atoms with E-state index in [0.717, 1.165) is 12.8 Å². The Labute approximate surface area is 190 Å². The van der Waals surface area contributed by atoms with Gasteiger partial charge in [-0.25, -0.2) is 0 Å². The molecule has 5 heteroatoms. The van der Waals surface area contributed by atoms with Crippen molar-refractivity contribution < 1.29 is 19.0 Å². The van der Waals surface area contributed by atoms with Gasteiger partial charge in [0.05, 0.1) is 21.3 Å². The van der Waals surface area contributed by atoms with Crippen LogP contribution in [-0.4, -0.2) is 27.2 Å². The van der Waals surface area contributed by atoms with E-state index in [1.54, 1.807) is 33.5 Å². The maximum atomic E-state index is 12.7. The van der Waals surface area contributed by atoms with Crippen LogP contribution in [-0.2, 0) is 4.79 Å². The largest absolute Gasteiger partial charge is 0.496 e. The number of amides is 1. The van der Waals surface area contributed by atoms with Crippen molar-refractivity contribution >= 4 is 11.6 Å². The van der Waals surface area contributed by atoms with Crippen molar-refractivity contribution in [2.75, 3.05) is 26.6 Å². The lowest BCUT2D eigenvalue weighted by atomic mass is 10.0. The SMILES string of the molecule is CCCCCCCCCCCCCCC(C)C(=O)Nc1c(OC)cc(OC)cc1OC. The Kier molecular flexibility index (Phi) is 14.6. The first-order valence-corrected chi connectivity index (χ1v) is 12.2. The monoisotopic (exact) mass is 435 g/mol. The molecule has 0 saturated heterocycles. The standard InChI is InChI=1S/C26H45NO4/c1-6-7-8-9-10-11-12-13-14-15-16-17-18-21(2)26(28)27-25-23(30-4)19-22(29-3)20-24(25)31-5/h19-21H,6-18H2,1-5H3,(H,27,28). The Morgan fingerprint density at radius 1 is 0.774 bits per heavy atom. The van der Waals surface area contributed by atoms with Gasteiger partial charge in [0.25, 0.3) is 0 Å². The van der Waals surface area contributed by atoms with Crippen LogP contribution in [0.15, 0.2) is 12.1 Å². The highest BCUT2D eigenvalue weighted by Gasteiger charge is 2.19. The Morgan fingerprint density at radius 3 is 1.65 bits per heavy atom. The zero-order valence-corrected chi connectivity index (χ0v) is 20.6. The first-order chi connectivity index (χ1) is 15.1. The summed E-state index contributed by atoms with van der Waals surface area (Å²) in [4.78, 5) is 12.7. The molecule has 178 valence electrons. The topological polar surface area (TPSA) is 56.8 Å². The number of carbonyl (C=O) groups excluding carboxylic acids is 1. The molecule has 5 nitrogen and oxygen atoms in total. The van der Waals surface area contributed by atoms with Crippen LogP contribution in [0.4, 0.5) is 5.69 Å². The van der Waals surface area contributed by atoms with Gasteiger partial charge in [0.1, 0.15) is 22.9 Å². The van der Waals surface area contributed by atoms with Gasteiger partial charge >= 0.3 is 0 Å². The van der Waals surface area contributed by atoms with Crippen LogP contribution in [0.1, 0.15) is 97.3 Å². The summed E-state index contributed by atoms with van der Waals surface area (Å²) in [6.07, 6.45) is 16.8. The van der Waals surface area contributed by atoms with E-state index in [4.69, 9.17) is 14.2 Å². The minimum absolute atomic E-state index is 0.00941. The average Bonchev–Trinajstić information content (AvgIpc) is 2.79. The number of carbonyl (C=O) groups is 1. The number of anilines is 1. The highest BCUT2D eigenvalue weighted by atomic mass is 16.5. The Morgan fingerprint density at radius 2 is 1.23 bits per heavy atom. The smallest absolute Gasteiger partial charge is 0.227 e. The summed E-state index contributed by atoms with van der Waals surface area (Å²) in [6.45, 7) is 4.25. The van der Waals surface area contributed by atoms with E-state index in [1.165, 1.54) is 70.6 Å². The van der Waals surface area contributed by atoms with Crippen LogP contribution in [0.5, 0.6) is 17.2 Å². The molecule has 31 heavy (non-hydrogen) atoms. The molecule has 0 aliphatic heterocycles. The molecule has 1 rings (SSSR count). The number of ether oxygens (including phenoxy) is 3. The number of unbranched alkanes of at least 4 members (excludes halogenated alkanes) is 11. The lowest BCUT2D eigenvalue weighted by Gasteiger charge is -2.18. The zero-order chi connectivity index (χ0) is 22.9. The second kappa shape index (κ2) is 16.7. The Hall–Kier alpha value is -1.91. The number of benzene rings is 1. The zero-order valence-electron chi connectivity index (χ0n) is 20.6. The summed E-state index contributed by atoms with van der Waals surface area (Å²) in [5.74, 6) is 1.62. The molecule has 0 fully saturated rings. The molecule has 0 aromatic heterocycles. The maximum Gasteiger partial charge on any atom is 0.227 e. The first kappa shape index (κ1) is 27.1. The number of hydrogen-bond donors (Lipinski definition) is 1. The highest BCUT2D eigenvalue weighted by molar-refractivity contribution is 5.95. The fourth-order valence-electron chi connectivity index (χ4n) is 3.80. The third-order valence-electron chi connectivity index (χ3n) is 5.90. The van der Waals surface area contributed by atoms with Crippen molar-refractivity contribution in [2.45, 2.75) is 97.3 Å². The summed E-state index contributed by atoms with van der Waals surface area (Å²) >= 11 is 0. The molecule has 0 heterocycles. The predicted octanol–water partition coefficient (Wildman–Crippen LogP) is 7.38. The molecule has 1 atom stereocenters. The van der Waals surface area contributed by atoms with Crippen LogP contribution < -0.4 is 19.5 Å². The van der Waals surface area contributed by atoms with E-state index >= 15 is 0 Å². The second-order valence-corrected chi connectivity index (χ2v) is 8.47. The minimum atomic E-state index is -0.0559. The van der Waals surface area contributed by atoms with Gasteiger partial charge in [-0.2, -0.15) is 0 Å². The van der Waals surface area contributed by atoms with Gasteiger partial charge < -0.3 is 19.5 Å². The normalized spacial score (nSPS) is 11.8. The fourth-order valence-corrected chi connectivity index (χ4v) is 3.80. The molecule has 0 bridgehead atoms. The molecule has 1 N–H and O–H groups in total. The summed E-state index contributed by atoms with van der Waals surface area (Å²) < 4.78 is 16.1. The molecule has 1 unspecified atom stereocenters. The van der Waals surface area contributed by atoms with E-state index in [0.29, 0.717) is 22.9 Å². The summed E-state index contributed by atoms with van der Waals surface area (Å²) in [5.41, 5.74) is 0.553. The lowest BCUT2D eigenvalue weighted by molar-refractivity contribution is -0.119. The number of rotatable bonds is 18. The van der Waals surface area contributed by atoms with Crippen molar-refractivity contribution in [1.82, 2.24) is 0 Å². The number of hydrogen-bond acceptors (Lipinski definition) is 4. The highest BCUT2D eigenvalue weighted by Crippen LogP contribution is 2.39. The van der Waals surface area contributed by atoms with Crippen molar-refractivity contribution in [3.05, 3.63) is 12.1 Å². The van der Waals surface area contributed by atoms with Gasteiger partial charge in [0.15, 0.2) is 0 Å². The molecule has 0 radical (unpaired) electrons. The quantitative estimate of drug-likeness (QED) is 0.244. The number of methoxy groups -OCH3 is 3. The third kappa shape index (κ3) is 10.8.